The summed E-state index contributed by atoms with van der Waals surface area (Å²) in [5.41, 5.74) is 1.91. The highest BCUT2D eigenvalue weighted by atomic mass is 79.9. The highest BCUT2D eigenvalue weighted by Crippen LogP contribution is 2.15. The molecule has 1 aromatic heterocycles. The third-order valence-electron chi connectivity index (χ3n) is 2.19. The first-order valence-corrected chi connectivity index (χ1v) is 6.50. The molecule has 17 heavy (non-hydrogen) atoms. The minimum absolute atomic E-state index is 0.397. The molecular formula is C13H11BrClNO. The van der Waals surface area contributed by atoms with Crippen molar-refractivity contribution in [2.75, 3.05) is 0 Å². The molecule has 2 aromatic rings. The average Bonchev–Trinajstić information content (AvgIpc) is 2.37. The zero-order valence-electron chi connectivity index (χ0n) is 9.07. The summed E-state index contributed by atoms with van der Waals surface area (Å²) in [6.07, 6.45) is 0. The number of nitrogens with zero attached hydrogens (tertiary/aromatic N) is 1. The van der Waals surface area contributed by atoms with Crippen LogP contribution in [0.1, 0.15) is 11.3 Å². The number of hydrogen-bond donors (Lipinski definition) is 0. The molecule has 0 atom stereocenters. The zero-order chi connectivity index (χ0) is 12.1. The summed E-state index contributed by atoms with van der Waals surface area (Å²) in [7, 11) is 0. The molecule has 2 rings (SSSR count). The predicted molar refractivity (Wildman–Crippen MR) is 72.3 cm³/mol. The second-order valence-corrected chi connectivity index (χ2v) is 4.70. The molecule has 0 aliphatic rings. The molecule has 0 N–H and O–H groups in total. The molecule has 0 unspecified atom stereocenters. The molecule has 0 saturated carbocycles. The molecular weight excluding hydrogens is 302 g/mol. The van der Waals surface area contributed by atoms with E-state index in [2.05, 4.69) is 20.9 Å². The maximum Gasteiger partial charge on any atom is 0.213 e. The first-order chi connectivity index (χ1) is 8.28. The first-order valence-electron chi connectivity index (χ1n) is 5.17. The molecule has 0 saturated heterocycles. The number of benzene rings is 1. The standard InChI is InChI=1S/C13H11BrClNO/c14-11-4-1-3-10(7-11)9-17-13-6-2-5-12(8-15)16-13/h1-7H,8-9H2. The molecule has 2 nitrogen and oxygen atoms in total. The first kappa shape index (κ1) is 12.4. The van der Waals surface area contributed by atoms with Crippen molar-refractivity contribution in [2.24, 2.45) is 0 Å². The lowest BCUT2D eigenvalue weighted by molar-refractivity contribution is 0.293. The Bertz CT molecular complexity index is 504. The van der Waals surface area contributed by atoms with Crippen molar-refractivity contribution in [1.82, 2.24) is 4.98 Å². The van der Waals surface area contributed by atoms with Gasteiger partial charge in [-0.2, -0.15) is 0 Å². The van der Waals surface area contributed by atoms with Crippen LogP contribution in [0, 0.1) is 0 Å². The van der Waals surface area contributed by atoms with Crippen LogP contribution >= 0.6 is 27.5 Å². The Kier molecular flexibility index (Phi) is 4.40. The number of hydrogen-bond acceptors (Lipinski definition) is 2. The van der Waals surface area contributed by atoms with Crippen LogP contribution in [-0.4, -0.2) is 4.98 Å². The third-order valence-corrected chi connectivity index (χ3v) is 2.96. The number of alkyl halides is 1. The molecule has 88 valence electrons. The van der Waals surface area contributed by atoms with Crippen LogP contribution in [0.4, 0.5) is 0 Å². The Morgan fingerprint density at radius 3 is 2.76 bits per heavy atom. The van der Waals surface area contributed by atoms with Gasteiger partial charge >= 0.3 is 0 Å². The van der Waals surface area contributed by atoms with Gasteiger partial charge in [0.15, 0.2) is 0 Å². The van der Waals surface area contributed by atoms with E-state index in [1.54, 1.807) is 0 Å². The quantitative estimate of drug-likeness (QED) is 0.791. The van der Waals surface area contributed by atoms with Gasteiger partial charge in [-0.1, -0.05) is 34.1 Å². The van der Waals surface area contributed by atoms with Crippen molar-refractivity contribution in [3.8, 4) is 5.88 Å². The fourth-order valence-corrected chi connectivity index (χ4v) is 1.99. The molecule has 0 radical (unpaired) electrons. The Morgan fingerprint density at radius 2 is 2.00 bits per heavy atom. The minimum atomic E-state index is 0.397. The van der Waals surface area contributed by atoms with E-state index >= 15 is 0 Å². The molecule has 4 heteroatoms. The number of rotatable bonds is 4. The van der Waals surface area contributed by atoms with Gasteiger partial charge in [0.05, 0.1) is 11.6 Å². The molecule has 0 aliphatic carbocycles. The Balaban J connectivity index is 2.02. The number of ether oxygens (including phenoxy) is 1. The maximum absolute atomic E-state index is 5.71. The number of aromatic nitrogens is 1. The van der Waals surface area contributed by atoms with E-state index in [-0.39, 0.29) is 0 Å². The fraction of sp³-hybridized carbons (Fsp3) is 0.154. The van der Waals surface area contributed by atoms with E-state index in [0.717, 1.165) is 15.7 Å². The monoisotopic (exact) mass is 311 g/mol. The normalized spacial score (nSPS) is 10.2. The highest BCUT2D eigenvalue weighted by Gasteiger charge is 1.99. The Hall–Kier alpha value is -1.06. The molecule has 0 aliphatic heterocycles. The maximum atomic E-state index is 5.71. The second-order valence-electron chi connectivity index (χ2n) is 3.52. The van der Waals surface area contributed by atoms with Crippen molar-refractivity contribution >= 4 is 27.5 Å². The number of pyridine rings is 1. The lowest BCUT2D eigenvalue weighted by atomic mass is 10.2. The van der Waals surface area contributed by atoms with Gasteiger partial charge in [-0.25, -0.2) is 4.98 Å². The van der Waals surface area contributed by atoms with Gasteiger partial charge in [0.1, 0.15) is 6.61 Å². The predicted octanol–water partition coefficient (Wildman–Crippen LogP) is 4.16. The van der Waals surface area contributed by atoms with Gasteiger partial charge in [-0.05, 0) is 23.8 Å². The van der Waals surface area contributed by atoms with Crippen molar-refractivity contribution in [1.29, 1.82) is 0 Å². The smallest absolute Gasteiger partial charge is 0.213 e. The van der Waals surface area contributed by atoms with Crippen LogP contribution < -0.4 is 4.74 Å². The lowest BCUT2D eigenvalue weighted by Gasteiger charge is -2.06. The fourth-order valence-electron chi connectivity index (χ4n) is 1.40. The summed E-state index contributed by atoms with van der Waals surface area (Å²) in [5.74, 6) is 0.997. The molecule has 0 spiro atoms. The lowest BCUT2D eigenvalue weighted by Crippen LogP contribution is -1.98. The summed E-state index contributed by atoms with van der Waals surface area (Å²) < 4.78 is 6.64. The van der Waals surface area contributed by atoms with E-state index in [0.29, 0.717) is 18.4 Å². The van der Waals surface area contributed by atoms with Crippen molar-refractivity contribution in [2.45, 2.75) is 12.5 Å². The van der Waals surface area contributed by atoms with Crippen LogP contribution in [0.15, 0.2) is 46.9 Å². The van der Waals surface area contributed by atoms with Crippen LogP contribution in [0.5, 0.6) is 5.88 Å². The summed E-state index contributed by atoms with van der Waals surface area (Å²) in [5, 5.41) is 0. The molecule has 0 bridgehead atoms. The van der Waals surface area contributed by atoms with Gasteiger partial charge in [0, 0.05) is 10.5 Å². The summed E-state index contributed by atoms with van der Waals surface area (Å²) in [4.78, 5) is 4.26. The minimum Gasteiger partial charge on any atom is -0.473 e. The van der Waals surface area contributed by atoms with Crippen molar-refractivity contribution in [3.05, 3.63) is 58.2 Å². The molecule has 0 amide bonds. The number of halogens is 2. The van der Waals surface area contributed by atoms with Crippen molar-refractivity contribution < 1.29 is 4.74 Å². The van der Waals surface area contributed by atoms with E-state index in [9.17, 15) is 0 Å². The van der Waals surface area contributed by atoms with Crippen molar-refractivity contribution in [3.63, 3.8) is 0 Å². The van der Waals surface area contributed by atoms with Gasteiger partial charge in [0.25, 0.3) is 0 Å². The van der Waals surface area contributed by atoms with E-state index < -0.39 is 0 Å². The van der Waals surface area contributed by atoms with Crippen LogP contribution in [-0.2, 0) is 12.5 Å². The Morgan fingerprint density at radius 1 is 1.18 bits per heavy atom. The van der Waals surface area contributed by atoms with Crippen LogP contribution in [0.2, 0.25) is 0 Å². The van der Waals surface area contributed by atoms with Gasteiger partial charge in [0.2, 0.25) is 5.88 Å². The molecule has 0 fully saturated rings. The van der Waals surface area contributed by atoms with Crippen LogP contribution in [0.25, 0.3) is 0 Å². The molecule has 1 heterocycles. The van der Waals surface area contributed by atoms with Crippen LogP contribution in [0.3, 0.4) is 0 Å². The Labute approximate surface area is 114 Å². The average molecular weight is 313 g/mol. The van der Waals surface area contributed by atoms with E-state index in [1.165, 1.54) is 0 Å². The third kappa shape index (κ3) is 3.72. The summed E-state index contributed by atoms with van der Waals surface area (Å²) in [6.45, 7) is 0.498. The van der Waals surface area contributed by atoms with Gasteiger partial charge < -0.3 is 4.74 Å². The molecule has 1 aromatic carbocycles. The van der Waals surface area contributed by atoms with Gasteiger partial charge in [-0.3, -0.25) is 0 Å². The topological polar surface area (TPSA) is 22.1 Å². The van der Waals surface area contributed by atoms with E-state index in [4.69, 9.17) is 16.3 Å². The summed E-state index contributed by atoms with van der Waals surface area (Å²) in [6, 6.07) is 13.6. The second kappa shape index (κ2) is 6.03. The van der Waals surface area contributed by atoms with E-state index in [1.807, 2.05) is 42.5 Å². The SMILES string of the molecule is ClCc1cccc(OCc2cccc(Br)c2)n1. The van der Waals surface area contributed by atoms with Gasteiger partial charge in [-0.15, -0.1) is 11.6 Å². The largest absolute Gasteiger partial charge is 0.473 e. The zero-order valence-corrected chi connectivity index (χ0v) is 11.4. The summed E-state index contributed by atoms with van der Waals surface area (Å²) >= 11 is 9.14. The highest BCUT2D eigenvalue weighted by molar-refractivity contribution is 9.10.